The summed E-state index contributed by atoms with van der Waals surface area (Å²) in [6.45, 7) is 0.502. The van der Waals surface area contributed by atoms with Gasteiger partial charge in [0.05, 0.1) is 6.61 Å². The van der Waals surface area contributed by atoms with Crippen LogP contribution in [-0.4, -0.2) is 23.7 Å². The van der Waals surface area contributed by atoms with E-state index in [1.165, 1.54) is 0 Å². The normalized spacial score (nSPS) is 18.9. The lowest BCUT2D eigenvalue weighted by molar-refractivity contribution is -0.145. The van der Waals surface area contributed by atoms with Gasteiger partial charge in [0.25, 0.3) is 0 Å². The van der Waals surface area contributed by atoms with Gasteiger partial charge in [-0.25, -0.2) is 0 Å². The summed E-state index contributed by atoms with van der Waals surface area (Å²) < 4.78 is 5.17. The van der Waals surface area contributed by atoms with E-state index in [-0.39, 0.29) is 12.4 Å². The van der Waals surface area contributed by atoms with Crippen LogP contribution in [0.2, 0.25) is 0 Å². The predicted octanol–water partition coefficient (Wildman–Crippen LogP) is 2.53. The third-order valence-corrected chi connectivity index (χ3v) is 2.88. The summed E-state index contributed by atoms with van der Waals surface area (Å²) in [6.07, 6.45) is 9.03. The van der Waals surface area contributed by atoms with Crippen LogP contribution >= 0.6 is 0 Å². The fourth-order valence-corrected chi connectivity index (χ4v) is 1.84. The number of carbonyl (C=O) groups is 2. The maximum absolute atomic E-state index is 11.3. The number of carbonyl (C=O) groups excluding carboxylic acids is 1. The number of carboxylic acid groups (broad SMARTS) is 1. The third kappa shape index (κ3) is 6.76. The standard InChI is InChI=1S/C13H20O4/c14-12(15)8-4-5-9-13(16)17-10-11-6-2-1-3-7-11/h1-2,11H,3-10H2,(H,14,15). The molecule has 1 unspecified atom stereocenters. The van der Waals surface area contributed by atoms with Gasteiger partial charge in [-0.3, -0.25) is 9.59 Å². The molecular formula is C13H20O4. The summed E-state index contributed by atoms with van der Waals surface area (Å²) in [5, 5.41) is 8.43. The maximum Gasteiger partial charge on any atom is 0.305 e. The second-order valence-corrected chi connectivity index (χ2v) is 4.43. The molecule has 1 rings (SSSR count). The first kappa shape index (κ1) is 13.7. The number of aliphatic carboxylic acids is 1. The van der Waals surface area contributed by atoms with Gasteiger partial charge in [-0.15, -0.1) is 0 Å². The van der Waals surface area contributed by atoms with Gasteiger partial charge in [0.1, 0.15) is 0 Å². The van der Waals surface area contributed by atoms with Crippen molar-refractivity contribution in [1.82, 2.24) is 0 Å². The zero-order valence-corrected chi connectivity index (χ0v) is 10.1. The number of rotatable bonds is 7. The summed E-state index contributed by atoms with van der Waals surface area (Å²) in [5.74, 6) is -0.555. The number of hydrogen-bond donors (Lipinski definition) is 1. The van der Waals surface area contributed by atoms with Gasteiger partial charge in [0.2, 0.25) is 0 Å². The van der Waals surface area contributed by atoms with Crippen LogP contribution in [0.3, 0.4) is 0 Å². The van der Waals surface area contributed by atoms with Crippen molar-refractivity contribution in [1.29, 1.82) is 0 Å². The van der Waals surface area contributed by atoms with Crippen LogP contribution in [0.1, 0.15) is 44.9 Å². The van der Waals surface area contributed by atoms with E-state index in [4.69, 9.17) is 9.84 Å². The van der Waals surface area contributed by atoms with E-state index in [0.717, 1.165) is 19.3 Å². The van der Waals surface area contributed by atoms with Crippen molar-refractivity contribution < 1.29 is 19.4 Å². The van der Waals surface area contributed by atoms with Crippen LogP contribution in [0.15, 0.2) is 12.2 Å². The Bertz CT molecular complexity index is 283. The molecule has 0 bridgehead atoms. The lowest BCUT2D eigenvalue weighted by atomic mass is 9.95. The largest absolute Gasteiger partial charge is 0.481 e. The predicted molar refractivity (Wildman–Crippen MR) is 63.5 cm³/mol. The number of esters is 1. The van der Waals surface area contributed by atoms with Crippen molar-refractivity contribution in [3.8, 4) is 0 Å². The van der Waals surface area contributed by atoms with Gasteiger partial charge >= 0.3 is 11.9 Å². The van der Waals surface area contributed by atoms with Crippen LogP contribution in [0.5, 0.6) is 0 Å². The van der Waals surface area contributed by atoms with Crippen molar-refractivity contribution in [3.05, 3.63) is 12.2 Å². The first-order chi connectivity index (χ1) is 8.18. The lowest BCUT2D eigenvalue weighted by Crippen LogP contribution is -2.15. The molecular weight excluding hydrogens is 220 g/mol. The van der Waals surface area contributed by atoms with Crippen LogP contribution in [0.25, 0.3) is 0 Å². The zero-order chi connectivity index (χ0) is 12.5. The van der Waals surface area contributed by atoms with Gasteiger partial charge in [-0.2, -0.15) is 0 Å². The molecule has 1 aliphatic rings. The van der Waals surface area contributed by atoms with Gasteiger partial charge in [-0.05, 0) is 38.0 Å². The fourth-order valence-electron chi connectivity index (χ4n) is 1.84. The number of unbranched alkanes of at least 4 members (excludes halogenated alkanes) is 1. The van der Waals surface area contributed by atoms with Gasteiger partial charge in [0, 0.05) is 12.8 Å². The van der Waals surface area contributed by atoms with E-state index >= 15 is 0 Å². The Kier molecular flexibility index (Phi) is 6.37. The van der Waals surface area contributed by atoms with Crippen molar-refractivity contribution in [2.75, 3.05) is 6.61 Å². The summed E-state index contributed by atoms with van der Waals surface area (Å²) in [7, 11) is 0. The third-order valence-electron chi connectivity index (χ3n) is 2.88. The topological polar surface area (TPSA) is 63.6 Å². The van der Waals surface area contributed by atoms with Crippen LogP contribution in [0, 0.1) is 5.92 Å². The van der Waals surface area contributed by atoms with Gasteiger partial charge in [0.15, 0.2) is 0 Å². The highest BCUT2D eigenvalue weighted by atomic mass is 16.5. The highest BCUT2D eigenvalue weighted by Crippen LogP contribution is 2.18. The highest BCUT2D eigenvalue weighted by molar-refractivity contribution is 5.69. The van der Waals surface area contributed by atoms with Gasteiger partial charge in [-0.1, -0.05) is 12.2 Å². The fraction of sp³-hybridized carbons (Fsp3) is 0.692. The van der Waals surface area contributed by atoms with E-state index < -0.39 is 5.97 Å². The molecule has 4 heteroatoms. The number of carboxylic acids is 1. The molecule has 0 amide bonds. The molecule has 1 aliphatic carbocycles. The molecule has 17 heavy (non-hydrogen) atoms. The molecule has 1 atom stereocenters. The van der Waals surface area contributed by atoms with E-state index in [1.807, 2.05) is 0 Å². The molecule has 0 saturated carbocycles. The Morgan fingerprint density at radius 2 is 2.00 bits per heavy atom. The summed E-state index contributed by atoms with van der Waals surface area (Å²) >= 11 is 0. The number of hydrogen-bond acceptors (Lipinski definition) is 3. The molecule has 1 N–H and O–H groups in total. The maximum atomic E-state index is 11.3. The Morgan fingerprint density at radius 3 is 2.65 bits per heavy atom. The molecule has 0 radical (unpaired) electrons. The summed E-state index contributed by atoms with van der Waals surface area (Å²) in [4.78, 5) is 21.6. The summed E-state index contributed by atoms with van der Waals surface area (Å²) in [6, 6.07) is 0. The van der Waals surface area contributed by atoms with Crippen molar-refractivity contribution in [3.63, 3.8) is 0 Å². The molecule has 0 heterocycles. The minimum absolute atomic E-state index is 0.126. The zero-order valence-electron chi connectivity index (χ0n) is 10.1. The first-order valence-electron chi connectivity index (χ1n) is 6.21. The Hall–Kier alpha value is -1.32. The minimum Gasteiger partial charge on any atom is -0.481 e. The molecule has 0 spiro atoms. The lowest BCUT2D eigenvalue weighted by Gasteiger charge is -2.17. The average Bonchev–Trinajstić information content (AvgIpc) is 2.33. The average molecular weight is 240 g/mol. The Morgan fingerprint density at radius 1 is 1.24 bits per heavy atom. The molecule has 0 aliphatic heterocycles. The second kappa shape index (κ2) is 7.87. The van der Waals surface area contributed by atoms with E-state index in [0.29, 0.717) is 31.8 Å². The van der Waals surface area contributed by atoms with E-state index in [9.17, 15) is 9.59 Å². The SMILES string of the molecule is O=C(O)CCCCC(=O)OCC1CC=CCC1. The van der Waals surface area contributed by atoms with Crippen molar-refractivity contribution in [2.24, 2.45) is 5.92 Å². The monoisotopic (exact) mass is 240 g/mol. The highest BCUT2D eigenvalue weighted by Gasteiger charge is 2.12. The molecule has 0 aromatic carbocycles. The second-order valence-electron chi connectivity index (χ2n) is 4.43. The molecule has 96 valence electrons. The quantitative estimate of drug-likeness (QED) is 0.422. The van der Waals surface area contributed by atoms with Crippen molar-refractivity contribution in [2.45, 2.75) is 44.9 Å². The van der Waals surface area contributed by atoms with Gasteiger partial charge < -0.3 is 9.84 Å². The molecule has 0 saturated heterocycles. The number of ether oxygens (including phenoxy) is 1. The smallest absolute Gasteiger partial charge is 0.305 e. The van der Waals surface area contributed by atoms with Crippen LogP contribution < -0.4 is 0 Å². The minimum atomic E-state index is -0.813. The molecule has 0 fully saturated rings. The van der Waals surface area contributed by atoms with E-state index in [1.54, 1.807) is 0 Å². The molecule has 0 aromatic heterocycles. The first-order valence-corrected chi connectivity index (χ1v) is 6.21. The molecule has 0 aromatic rings. The Balaban J connectivity index is 2.00. The van der Waals surface area contributed by atoms with Crippen molar-refractivity contribution >= 4 is 11.9 Å². The van der Waals surface area contributed by atoms with E-state index in [2.05, 4.69) is 12.2 Å². The summed E-state index contributed by atoms with van der Waals surface area (Å²) in [5.41, 5.74) is 0. The molecule has 4 nitrogen and oxygen atoms in total. The van der Waals surface area contributed by atoms with Crippen LogP contribution in [0.4, 0.5) is 0 Å². The number of allylic oxidation sites excluding steroid dienone is 2. The van der Waals surface area contributed by atoms with Crippen LogP contribution in [-0.2, 0) is 14.3 Å². The Labute approximate surface area is 102 Å².